The molecular weight excluding hydrogens is 608 g/mol. The number of methoxy groups -OCH3 is 1. The maximum absolute atomic E-state index is 6.37. The van der Waals surface area contributed by atoms with Crippen LogP contribution < -0.4 is 14.2 Å². The van der Waals surface area contributed by atoms with E-state index in [1.165, 1.54) is 11.1 Å². The van der Waals surface area contributed by atoms with Crippen molar-refractivity contribution in [2.24, 2.45) is 0 Å². The molecule has 2 heterocycles. The van der Waals surface area contributed by atoms with Gasteiger partial charge in [-0.15, -0.1) is 0 Å². The minimum atomic E-state index is -0.704. The molecule has 8 heteroatoms. The van der Waals surface area contributed by atoms with Crippen molar-refractivity contribution >= 4 is 0 Å². The second kappa shape index (κ2) is 14.0. The summed E-state index contributed by atoms with van der Waals surface area (Å²) in [4.78, 5) is 0. The summed E-state index contributed by atoms with van der Waals surface area (Å²) in [7, 11) is 1.61. The fourth-order valence-electron chi connectivity index (χ4n) is 5.83. The van der Waals surface area contributed by atoms with Crippen molar-refractivity contribution in [3.63, 3.8) is 0 Å². The van der Waals surface area contributed by atoms with Crippen molar-refractivity contribution in [2.75, 3.05) is 13.9 Å². The van der Waals surface area contributed by atoms with E-state index in [9.17, 15) is 0 Å². The molecule has 8 nitrogen and oxygen atoms in total. The van der Waals surface area contributed by atoms with E-state index in [0.717, 1.165) is 44.9 Å². The number of ether oxygens (including phenoxy) is 8. The van der Waals surface area contributed by atoms with E-state index >= 15 is 0 Å². The number of rotatable bonds is 11. The summed E-state index contributed by atoms with van der Waals surface area (Å²) in [5.41, 5.74) is 8.27. The van der Waals surface area contributed by atoms with Gasteiger partial charge in [0.1, 0.15) is 17.2 Å². The van der Waals surface area contributed by atoms with E-state index in [2.05, 4.69) is 65.8 Å². The standard InChI is InChI=1S/C40H54O8/c1-37(2,3)32-15-28(35-30(17-32)23-45-39(7,8)47-35)21-42-19-26-13-12-14-27(34(26)44-25-41-11)20-43-22-29-16-33(38(4,5)6)18-31-24-46-40(9,10)48-36(29)31/h12-18H,19-25H2,1-11H3. The Morgan fingerprint density at radius 2 is 1.04 bits per heavy atom. The van der Waals surface area contributed by atoms with Crippen LogP contribution in [0.1, 0.15) is 114 Å². The lowest BCUT2D eigenvalue weighted by molar-refractivity contribution is -0.181. The third kappa shape index (κ3) is 8.71. The molecule has 0 unspecified atom stereocenters. The number of fused-ring (bicyclic) bond motifs is 2. The fraction of sp³-hybridized carbons (Fsp3) is 0.550. The van der Waals surface area contributed by atoms with Crippen LogP contribution in [0.25, 0.3) is 0 Å². The predicted octanol–water partition coefficient (Wildman–Crippen LogP) is 8.99. The van der Waals surface area contributed by atoms with Crippen LogP contribution in [0, 0.1) is 0 Å². The van der Waals surface area contributed by atoms with E-state index in [4.69, 9.17) is 37.9 Å². The van der Waals surface area contributed by atoms with Gasteiger partial charge >= 0.3 is 0 Å². The van der Waals surface area contributed by atoms with Gasteiger partial charge in [0.2, 0.25) is 11.6 Å². The molecule has 48 heavy (non-hydrogen) atoms. The van der Waals surface area contributed by atoms with Gasteiger partial charge in [0, 0.05) is 68.2 Å². The fourth-order valence-corrected chi connectivity index (χ4v) is 5.83. The highest BCUT2D eigenvalue weighted by atomic mass is 16.7. The average Bonchev–Trinajstić information content (AvgIpc) is 2.99. The normalized spacial score (nSPS) is 16.8. The minimum Gasteiger partial charge on any atom is -0.467 e. The molecule has 3 aromatic rings. The first-order valence-electron chi connectivity index (χ1n) is 16.8. The van der Waals surface area contributed by atoms with E-state index in [1.807, 2.05) is 45.9 Å². The van der Waals surface area contributed by atoms with Crippen LogP contribution in [0.5, 0.6) is 17.2 Å². The molecule has 0 aromatic heterocycles. The smallest absolute Gasteiger partial charge is 0.205 e. The molecule has 5 rings (SSSR count). The Labute approximate surface area is 286 Å². The number of para-hydroxylation sites is 1. The molecule has 0 spiro atoms. The SMILES string of the molecule is COCOc1c(COCc2cc(C(C)(C)C)cc3c2OC(C)(C)OC3)cccc1COCc1cc(C(C)(C)C)cc2c1OC(C)(C)OC2. The molecule has 0 aliphatic carbocycles. The van der Waals surface area contributed by atoms with Crippen LogP contribution in [0.3, 0.4) is 0 Å². The maximum Gasteiger partial charge on any atom is 0.205 e. The van der Waals surface area contributed by atoms with Crippen molar-refractivity contribution < 1.29 is 37.9 Å². The summed E-state index contributed by atoms with van der Waals surface area (Å²) in [6.45, 7) is 23.5. The highest BCUT2D eigenvalue weighted by Crippen LogP contribution is 2.40. The first-order valence-corrected chi connectivity index (χ1v) is 16.8. The van der Waals surface area contributed by atoms with Crippen LogP contribution >= 0.6 is 0 Å². The van der Waals surface area contributed by atoms with Gasteiger partial charge in [0.15, 0.2) is 6.79 Å². The zero-order valence-corrected chi connectivity index (χ0v) is 30.8. The Morgan fingerprint density at radius 1 is 0.625 bits per heavy atom. The summed E-state index contributed by atoms with van der Waals surface area (Å²) < 4.78 is 48.7. The zero-order valence-electron chi connectivity index (χ0n) is 30.8. The Kier molecular flexibility index (Phi) is 10.5. The largest absolute Gasteiger partial charge is 0.467 e. The molecule has 0 amide bonds. The minimum absolute atomic E-state index is 0.0320. The van der Waals surface area contributed by atoms with Gasteiger partial charge in [0.05, 0.1) is 39.6 Å². The van der Waals surface area contributed by atoms with Gasteiger partial charge in [-0.1, -0.05) is 59.7 Å². The van der Waals surface area contributed by atoms with Gasteiger partial charge < -0.3 is 37.9 Å². The van der Waals surface area contributed by atoms with Crippen molar-refractivity contribution in [1.82, 2.24) is 0 Å². The van der Waals surface area contributed by atoms with Crippen molar-refractivity contribution in [2.45, 2.75) is 131 Å². The number of hydrogen-bond donors (Lipinski definition) is 0. The predicted molar refractivity (Wildman–Crippen MR) is 185 cm³/mol. The second-order valence-corrected chi connectivity index (χ2v) is 15.8. The number of hydrogen-bond acceptors (Lipinski definition) is 8. The zero-order chi connectivity index (χ0) is 34.9. The van der Waals surface area contributed by atoms with Crippen LogP contribution in [0.4, 0.5) is 0 Å². The van der Waals surface area contributed by atoms with Crippen LogP contribution in [-0.4, -0.2) is 25.5 Å². The lowest BCUT2D eigenvalue weighted by Gasteiger charge is -2.35. The number of benzene rings is 3. The van der Waals surface area contributed by atoms with Gasteiger partial charge in [0.25, 0.3) is 0 Å². The van der Waals surface area contributed by atoms with E-state index < -0.39 is 11.6 Å². The molecule has 0 atom stereocenters. The Balaban J connectivity index is 1.34. The summed E-state index contributed by atoms with van der Waals surface area (Å²) >= 11 is 0. The maximum atomic E-state index is 6.37. The monoisotopic (exact) mass is 662 g/mol. The molecule has 0 bridgehead atoms. The lowest BCUT2D eigenvalue weighted by Crippen LogP contribution is -2.36. The second-order valence-electron chi connectivity index (χ2n) is 15.8. The molecule has 262 valence electrons. The first-order chi connectivity index (χ1) is 22.5. The lowest BCUT2D eigenvalue weighted by atomic mass is 9.84. The van der Waals surface area contributed by atoms with Crippen LogP contribution in [0.15, 0.2) is 42.5 Å². The van der Waals surface area contributed by atoms with Gasteiger partial charge in [-0.05, 0) is 46.2 Å². The Hall–Kier alpha value is -3.14. The summed E-state index contributed by atoms with van der Waals surface area (Å²) in [6, 6.07) is 14.8. The third-order valence-electron chi connectivity index (χ3n) is 8.59. The van der Waals surface area contributed by atoms with Gasteiger partial charge in [-0.25, -0.2) is 0 Å². The molecule has 2 aliphatic rings. The van der Waals surface area contributed by atoms with Crippen molar-refractivity contribution in [3.8, 4) is 17.2 Å². The molecule has 0 saturated carbocycles. The summed E-state index contributed by atoms with van der Waals surface area (Å²) in [5.74, 6) is 0.975. The average molecular weight is 663 g/mol. The molecule has 0 radical (unpaired) electrons. The molecule has 0 saturated heterocycles. The van der Waals surface area contributed by atoms with E-state index in [-0.39, 0.29) is 17.6 Å². The molecular formula is C40H54O8. The van der Waals surface area contributed by atoms with Gasteiger partial charge in [-0.2, -0.15) is 0 Å². The Bertz CT molecular complexity index is 1480. The molecule has 0 fully saturated rings. The molecule has 3 aromatic carbocycles. The van der Waals surface area contributed by atoms with Crippen LogP contribution in [0.2, 0.25) is 0 Å². The summed E-state index contributed by atoms with van der Waals surface area (Å²) in [6.07, 6.45) is 0. The molecule has 2 aliphatic heterocycles. The van der Waals surface area contributed by atoms with E-state index in [1.54, 1.807) is 7.11 Å². The van der Waals surface area contributed by atoms with E-state index in [0.29, 0.717) is 45.4 Å². The quantitative estimate of drug-likeness (QED) is 0.189. The van der Waals surface area contributed by atoms with Crippen LogP contribution in [-0.2, 0) is 74.2 Å². The third-order valence-corrected chi connectivity index (χ3v) is 8.59. The summed E-state index contributed by atoms with van der Waals surface area (Å²) in [5, 5.41) is 0. The van der Waals surface area contributed by atoms with Crippen molar-refractivity contribution in [3.05, 3.63) is 87.0 Å². The first kappa shape index (κ1) is 36.1. The van der Waals surface area contributed by atoms with Gasteiger partial charge in [-0.3, -0.25) is 0 Å². The Morgan fingerprint density at radius 3 is 1.44 bits per heavy atom. The highest BCUT2D eigenvalue weighted by Gasteiger charge is 2.32. The topological polar surface area (TPSA) is 73.8 Å². The van der Waals surface area contributed by atoms with Crippen molar-refractivity contribution in [1.29, 1.82) is 0 Å². The highest BCUT2D eigenvalue weighted by molar-refractivity contribution is 5.48. The molecule has 0 N–H and O–H groups in total.